The summed E-state index contributed by atoms with van der Waals surface area (Å²) in [4.78, 5) is 30.1. The summed E-state index contributed by atoms with van der Waals surface area (Å²) in [6, 6.07) is 3.17. The molecule has 1 aromatic heterocycles. The van der Waals surface area contributed by atoms with E-state index in [0.29, 0.717) is 6.54 Å². The van der Waals surface area contributed by atoms with Crippen molar-refractivity contribution in [3.63, 3.8) is 0 Å². The Bertz CT molecular complexity index is 641. The topological polar surface area (TPSA) is 70.5 Å². The molecule has 2 atom stereocenters. The standard InChI is InChI=1S/C17H22N2O3/c1-16(2)7-11-8-17(3,9-16)10-19(11)14(20)13-12(15(21)22)5-4-6-18-13/h4-6,11H,7-10H2,1-3H3,(H,21,22). The fourth-order valence-corrected chi connectivity index (χ4v) is 4.58. The van der Waals surface area contributed by atoms with Crippen molar-refractivity contribution in [2.45, 2.75) is 46.1 Å². The zero-order valence-corrected chi connectivity index (χ0v) is 13.3. The Morgan fingerprint density at radius 2 is 2.05 bits per heavy atom. The largest absolute Gasteiger partial charge is 0.478 e. The van der Waals surface area contributed by atoms with Gasteiger partial charge in [0.2, 0.25) is 0 Å². The molecule has 1 aliphatic heterocycles. The molecule has 2 heterocycles. The first-order chi connectivity index (χ1) is 10.2. The summed E-state index contributed by atoms with van der Waals surface area (Å²) in [5, 5.41) is 9.27. The first kappa shape index (κ1) is 15.0. The molecule has 0 radical (unpaired) electrons. The van der Waals surface area contributed by atoms with E-state index in [1.165, 1.54) is 12.3 Å². The molecule has 22 heavy (non-hydrogen) atoms. The van der Waals surface area contributed by atoms with Crippen LogP contribution in [0.25, 0.3) is 0 Å². The molecule has 5 heteroatoms. The van der Waals surface area contributed by atoms with Gasteiger partial charge in [0.05, 0.1) is 5.56 Å². The Hall–Kier alpha value is -1.91. The zero-order valence-electron chi connectivity index (χ0n) is 13.3. The van der Waals surface area contributed by atoms with Crippen molar-refractivity contribution in [3.05, 3.63) is 29.6 Å². The van der Waals surface area contributed by atoms with Crippen LogP contribution in [-0.2, 0) is 0 Å². The van der Waals surface area contributed by atoms with Gasteiger partial charge in [0.1, 0.15) is 5.69 Å². The van der Waals surface area contributed by atoms with Crippen molar-refractivity contribution in [1.29, 1.82) is 0 Å². The Kier molecular flexibility index (Phi) is 3.27. The lowest BCUT2D eigenvalue weighted by Gasteiger charge is -2.39. The number of amides is 1. The third kappa shape index (κ3) is 2.49. The minimum absolute atomic E-state index is 0.0154. The number of hydrogen-bond acceptors (Lipinski definition) is 3. The van der Waals surface area contributed by atoms with Crippen LogP contribution in [0.3, 0.4) is 0 Å². The van der Waals surface area contributed by atoms with E-state index in [0.717, 1.165) is 19.3 Å². The number of carboxylic acids is 1. The van der Waals surface area contributed by atoms with Crippen molar-refractivity contribution in [3.8, 4) is 0 Å². The van der Waals surface area contributed by atoms with Gasteiger partial charge in [-0.15, -0.1) is 0 Å². The van der Waals surface area contributed by atoms with Gasteiger partial charge in [-0.2, -0.15) is 0 Å². The highest BCUT2D eigenvalue weighted by atomic mass is 16.4. The molecule has 118 valence electrons. The molecule has 2 bridgehead atoms. The molecular formula is C17H22N2O3. The maximum Gasteiger partial charge on any atom is 0.338 e. The lowest BCUT2D eigenvalue weighted by atomic mass is 9.65. The van der Waals surface area contributed by atoms with E-state index in [4.69, 9.17) is 0 Å². The smallest absolute Gasteiger partial charge is 0.338 e. The number of hydrogen-bond donors (Lipinski definition) is 1. The van der Waals surface area contributed by atoms with E-state index in [1.54, 1.807) is 6.07 Å². The highest BCUT2D eigenvalue weighted by Gasteiger charge is 2.51. The Morgan fingerprint density at radius 1 is 1.32 bits per heavy atom. The molecule has 1 saturated heterocycles. The van der Waals surface area contributed by atoms with E-state index in [1.807, 2.05) is 4.90 Å². The molecule has 1 aromatic rings. The normalized spacial score (nSPS) is 29.4. The maximum atomic E-state index is 12.9. The van der Waals surface area contributed by atoms with Gasteiger partial charge in [0.15, 0.2) is 0 Å². The van der Waals surface area contributed by atoms with Crippen LogP contribution >= 0.6 is 0 Å². The summed E-state index contributed by atoms with van der Waals surface area (Å²) < 4.78 is 0. The average molecular weight is 302 g/mol. The van der Waals surface area contributed by atoms with Gasteiger partial charge in [-0.25, -0.2) is 4.79 Å². The SMILES string of the molecule is CC1(C)CC2CC(C)(CN2C(=O)c2ncccc2C(=O)O)C1. The monoisotopic (exact) mass is 302 g/mol. The minimum Gasteiger partial charge on any atom is -0.478 e. The number of nitrogens with zero attached hydrogens (tertiary/aromatic N) is 2. The quantitative estimate of drug-likeness (QED) is 0.912. The molecule has 3 rings (SSSR count). The second-order valence-electron chi connectivity index (χ2n) is 7.85. The van der Waals surface area contributed by atoms with Crippen LogP contribution in [-0.4, -0.2) is 39.5 Å². The maximum absolute atomic E-state index is 12.9. The number of rotatable bonds is 2. The van der Waals surface area contributed by atoms with Crippen LogP contribution in [0.15, 0.2) is 18.3 Å². The van der Waals surface area contributed by atoms with Crippen LogP contribution in [0.2, 0.25) is 0 Å². The predicted octanol–water partition coefficient (Wildman–Crippen LogP) is 2.82. The predicted molar refractivity (Wildman–Crippen MR) is 81.8 cm³/mol. The molecule has 0 aromatic carbocycles. The first-order valence-electron chi connectivity index (χ1n) is 7.70. The number of likely N-dealkylation sites (tertiary alicyclic amines) is 1. The van der Waals surface area contributed by atoms with E-state index >= 15 is 0 Å². The minimum atomic E-state index is -1.11. The zero-order chi connectivity index (χ0) is 16.1. The van der Waals surface area contributed by atoms with Crippen LogP contribution in [0.1, 0.15) is 60.9 Å². The van der Waals surface area contributed by atoms with E-state index in [2.05, 4.69) is 25.8 Å². The summed E-state index contributed by atoms with van der Waals surface area (Å²) in [5.74, 6) is -1.35. The van der Waals surface area contributed by atoms with Crippen LogP contribution in [0.5, 0.6) is 0 Å². The molecule has 2 aliphatic rings. The van der Waals surface area contributed by atoms with Crippen molar-refractivity contribution in [2.24, 2.45) is 10.8 Å². The van der Waals surface area contributed by atoms with Gasteiger partial charge < -0.3 is 10.0 Å². The van der Waals surface area contributed by atoms with Gasteiger partial charge in [0.25, 0.3) is 5.91 Å². The number of aromatic carboxylic acids is 1. The Labute approximate surface area is 130 Å². The van der Waals surface area contributed by atoms with Crippen molar-refractivity contribution >= 4 is 11.9 Å². The van der Waals surface area contributed by atoms with Gasteiger partial charge in [-0.3, -0.25) is 9.78 Å². The van der Waals surface area contributed by atoms with E-state index in [-0.39, 0.29) is 34.0 Å². The third-order valence-corrected chi connectivity index (χ3v) is 4.92. The van der Waals surface area contributed by atoms with Crippen molar-refractivity contribution in [2.75, 3.05) is 6.54 Å². The second kappa shape index (κ2) is 4.80. The second-order valence-corrected chi connectivity index (χ2v) is 7.85. The van der Waals surface area contributed by atoms with Gasteiger partial charge in [0, 0.05) is 18.8 Å². The molecule has 5 nitrogen and oxygen atoms in total. The van der Waals surface area contributed by atoms with Crippen molar-refractivity contribution in [1.82, 2.24) is 9.88 Å². The highest BCUT2D eigenvalue weighted by molar-refractivity contribution is 6.03. The molecule has 1 aliphatic carbocycles. The van der Waals surface area contributed by atoms with Gasteiger partial charge >= 0.3 is 5.97 Å². The average Bonchev–Trinajstić information content (AvgIpc) is 2.67. The number of carbonyl (C=O) groups is 2. The molecule has 1 N–H and O–H groups in total. The number of fused-ring (bicyclic) bond motifs is 2. The molecule has 2 fully saturated rings. The van der Waals surface area contributed by atoms with Crippen LogP contribution in [0.4, 0.5) is 0 Å². The molecule has 0 spiro atoms. The molecule has 1 saturated carbocycles. The summed E-state index contributed by atoms with van der Waals surface area (Å²) in [5.41, 5.74) is 0.384. The first-order valence-corrected chi connectivity index (χ1v) is 7.70. The number of carbonyl (C=O) groups excluding carboxylic acids is 1. The lowest BCUT2D eigenvalue weighted by molar-refractivity contribution is 0.0654. The summed E-state index contributed by atoms with van der Waals surface area (Å²) in [6.45, 7) is 7.41. The van der Waals surface area contributed by atoms with Gasteiger partial charge in [-0.1, -0.05) is 20.8 Å². The Balaban J connectivity index is 1.93. The summed E-state index contributed by atoms with van der Waals surface area (Å²) in [6.07, 6.45) is 4.53. The van der Waals surface area contributed by atoms with E-state index < -0.39 is 5.97 Å². The lowest BCUT2D eigenvalue weighted by Crippen LogP contribution is -2.38. The van der Waals surface area contributed by atoms with Crippen LogP contribution < -0.4 is 0 Å². The van der Waals surface area contributed by atoms with E-state index in [9.17, 15) is 14.7 Å². The Morgan fingerprint density at radius 3 is 2.73 bits per heavy atom. The van der Waals surface area contributed by atoms with Gasteiger partial charge in [-0.05, 0) is 42.2 Å². The molecule has 2 unspecified atom stereocenters. The highest BCUT2D eigenvalue weighted by Crippen LogP contribution is 2.52. The third-order valence-electron chi connectivity index (χ3n) is 4.92. The molecular weight excluding hydrogens is 280 g/mol. The summed E-state index contributed by atoms with van der Waals surface area (Å²) >= 11 is 0. The number of carboxylic acid groups (broad SMARTS) is 1. The fraction of sp³-hybridized carbons (Fsp3) is 0.588. The number of pyridine rings is 1. The molecule has 1 amide bonds. The number of aromatic nitrogens is 1. The fourth-order valence-electron chi connectivity index (χ4n) is 4.58. The van der Waals surface area contributed by atoms with Crippen molar-refractivity contribution < 1.29 is 14.7 Å². The summed E-state index contributed by atoms with van der Waals surface area (Å²) in [7, 11) is 0. The van der Waals surface area contributed by atoms with Crippen LogP contribution in [0, 0.1) is 10.8 Å².